The van der Waals surface area contributed by atoms with E-state index in [1.54, 1.807) is 9.80 Å². The maximum atomic E-state index is 12.7. The Labute approximate surface area is 910 Å². The number of ether oxygens (including phenoxy) is 15. The molecule has 0 aromatic carbocycles. The number of hydrogen-bond donors (Lipinski definition) is 2. The summed E-state index contributed by atoms with van der Waals surface area (Å²) in [6.45, 7) is 100. The number of likely N-dealkylation sites (N-methyl/N-ethyl adjacent to an activating group) is 2. The van der Waals surface area contributed by atoms with Gasteiger partial charge in [-0.3, -0.25) is 34.2 Å². The Bertz CT molecular complexity index is 2880. The highest BCUT2D eigenvalue weighted by atomic mass is 19.3. The molecule has 12 aliphatic heterocycles. The number of nitrogens with one attached hydrogen (secondary N) is 1. The highest BCUT2D eigenvalue weighted by Gasteiger charge is 2.38. The van der Waals surface area contributed by atoms with E-state index in [-0.39, 0.29) is 54.9 Å². The Kier molecular flexibility index (Phi) is 88.4. The number of alkyl halides is 3. The predicted octanol–water partition coefficient (Wildman–Crippen LogP) is 14.8. The number of nitrogens with zero attached hydrogens (tertiary/aromatic N) is 13. The summed E-state index contributed by atoms with van der Waals surface area (Å²) in [5.41, 5.74) is -0.115. The van der Waals surface area contributed by atoms with Crippen LogP contribution in [0.4, 0.5) is 18.0 Å². The molecule has 149 heavy (non-hydrogen) atoms. The lowest BCUT2D eigenvalue weighted by Crippen LogP contribution is -2.45. The van der Waals surface area contributed by atoms with Crippen LogP contribution in [0.2, 0.25) is 0 Å². The van der Waals surface area contributed by atoms with Gasteiger partial charge in [-0.25, -0.2) is 18.0 Å². The van der Waals surface area contributed by atoms with Crippen LogP contribution in [0.1, 0.15) is 269 Å². The molecule has 0 bridgehead atoms. The van der Waals surface area contributed by atoms with Gasteiger partial charge in [-0.05, 0) is 310 Å². The van der Waals surface area contributed by atoms with Gasteiger partial charge in [0.25, 0.3) is 5.92 Å². The summed E-state index contributed by atoms with van der Waals surface area (Å²) < 4.78 is 119. The van der Waals surface area contributed by atoms with Crippen LogP contribution in [0.3, 0.4) is 0 Å². The summed E-state index contributed by atoms with van der Waals surface area (Å²) in [6, 6.07) is 0.0255. The molecule has 0 radical (unpaired) electrons. The summed E-state index contributed by atoms with van der Waals surface area (Å²) in [4.78, 5) is 51.5. The van der Waals surface area contributed by atoms with E-state index in [1.165, 1.54) is 149 Å². The van der Waals surface area contributed by atoms with Crippen LogP contribution in [-0.4, -0.2) is 540 Å². The number of β-amino-alcohol motifs (C(OH)–C–C–N with tert-alkyl or cyclic N) is 1. The molecule has 35 heteroatoms. The Morgan fingerprint density at radius 1 is 0.356 bits per heavy atom. The third-order valence-electron chi connectivity index (χ3n) is 26.1. The van der Waals surface area contributed by atoms with Gasteiger partial charge in [-0.15, -0.1) is 0 Å². The van der Waals surface area contributed by atoms with Crippen LogP contribution < -0.4 is 5.32 Å². The molecule has 3 atom stereocenters. The number of piperazine rings is 2. The minimum atomic E-state index is -2.47. The van der Waals surface area contributed by atoms with Crippen LogP contribution in [0.5, 0.6) is 0 Å². The summed E-state index contributed by atoms with van der Waals surface area (Å²) >= 11 is 0. The molecule has 32 nitrogen and oxygen atoms in total. The van der Waals surface area contributed by atoms with E-state index in [4.69, 9.17) is 71.1 Å². The number of piperidine rings is 1. The Balaban J connectivity index is 0.000000813. The average molecular weight is 2150 g/mol. The van der Waals surface area contributed by atoms with E-state index in [1.807, 2.05) is 81.1 Å². The van der Waals surface area contributed by atoms with Crippen LogP contribution in [-0.2, 0) is 75.8 Å². The Hall–Kier alpha value is -2.55. The topological polar surface area (TPSA) is 247 Å². The number of rotatable bonds is 49. The first kappa shape index (κ1) is 144. The lowest BCUT2D eigenvalue weighted by molar-refractivity contribution is -0.128. The molecule has 890 valence electrons. The molecule has 0 aromatic rings. The van der Waals surface area contributed by atoms with Gasteiger partial charge in [0.15, 0.2) is 0 Å². The molecule has 12 rings (SSSR count). The van der Waals surface area contributed by atoms with Crippen molar-refractivity contribution in [3.63, 3.8) is 0 Å². The molecule has 0 aromatic heterocycles. The van der Waals surface area contributed by atoms with Gasteiger partial charge < -0.3 is 116 Å². The van der Waals surface area contributed by atoms with Crippen molar-refractivity contribution in [3.8, 4) is 0 Å². The molecular formula is C114H235F3N14O18. The predicted molar refractivity (Wildman–Crippen MR) is 603 cm³/mol. The average Bonchev–Trinajstić information content (AvgIpc) is 1.73. The number of morpholine rings is 2. The molecule has 12 fully saturated rings. The normalized spacial score (nSPS) is 21.4. The summed E-state index contributed by atoms with van der Waals surface area (Å²) in [7, 11) is 6.59. The van der Waals surface area contributed by atoms with Crippen LogP contribution >= 0.6 is 0 Å². The van der Waals surface area contributed by atoms with E-state index in [9.17, 15) is 27.9 Å². The first-order valence-corrected chi connectivity index (χ1v) is 58.8. The number of aliphatic hydroxyl groups is 1. The van der Waals surface area contributed by atoms with E-state index in [2.05, 4.69) is 172 Å². The van der Waals surface area contributed by atoms with Gasteiger partial charge in [0.05, 0.1) is 171 Å². The number of halogens is 3. The summed E-state index contributed by atoms with van der Waals surface area (Å²) in [5.74, 6) is -1.28. The fourth-order valence-corrected chi connectivity index (χ4v) is 17.1. The number of carbonyl (C=O) groups is 2. The molecule has 0 aliphatic carbocycles. The van der Waals surface area contributed by atoms with Crippen molar-refractivity contribution in [1.29, 1.82) is 0 Å². The number of amides is 3. The molecule has 3 amide bonds. The van der Waals surface area contributed by atoms with Crippen molar-refractivity contribution >= 4 is 11.9 Å². The smallest absolute Gasteiger partial charge is 0.317 e. The second-order valence-corrected chi connectivity index (χ2v) is 45.5. The number of urea groups is 1. The van der Waals surface area contributed by atoms with Crippen molar-refractivity contribution in [3.05, 3.63) is 0 Å². The van der Waals surface area contributed by atoms with Gasteiger partial charge in [0.1, 0.15) is 6.17 Å². The van der Waals surface area contributed by atoms with Crippen LogP contribution in [0.25, 0.3) is 0 Å². The molecule has 2 N–H and O–H groups in total. The Morgan fingerprint density at radius 2 is 0.725 bits per heavy atom. The Morgan fingerprint density at radius 3 is 1.09 bits per heavy atom. The lowest BCUT2D eigenvalue weighted by Gasteiger charge is -2.32. The standard InChI is InChI=1S/C11H24N2O.C11H23NO.C10H22N2O.C10H21NO2.C10H21NO.C9H17F2NO.C9H18FNO.C9H18N2O2.2C9H19NO2.C9H17NO2.C8H16O2/c1-11(2)14-10-4-5-13-8-6-12(3)7-9-13;1-10(2)13-9-6-11-4-7-12(3)8-5-11;1-10(2)13-9-8-12-6-4-11(3)5-7-12;1-10(2)13-7-3-4-11-5-8-12-9-6-11;1-10(2)12-9-5-8-11-6-3-4-7-11;1-8(2)13-6-5-12-4-3-9(10,11)7-12;1-8(2)12-6-5-11-4-3-9(10)7-11;1-9(2,3)13-7-6-11-5-4-10-8(11)12;1-9(2)12-8-5-10-3-6-11-7-4-10;1-8(2)12-6-5-10-4-3-9(11)7-10;1-8(2)12-7-6-10-5-3-4-9(10)11;1-7(2)10-6-8-4-3-5-9-8/h11H,4-10H2,1-3H3;10-11H,4-9H2,1-3H3;10H,4-9H2,1-3H3;10H,3-9H2,1-2H3;10H,3-9H2,1-2H3;8H,3-7H2,1-2H3;8-9H,3-7H2,1-2H3;4-7H2,1-3H3,(H,10,12);9H,3-8H2,1-2H3;8-9,11H,3-7H2,1-2H3;8H,3-7H2,1-2H3;7-8H,3-6H2,1-2H3. The highest BCUT2D eigenvalue weighted by Crippen LogP contribution is 2.27. The van der Waals surface area contributed by atoms with Crippen molar-refractivity contribution in [2.45, 2.75) is 366 Å². The summed E-state index contributed by atoms with van der Waals surface area (Å²) in [6.07, 6.45) is 19.3. The second-order valence-electron chi connectivity index (χ2n) is 45.5. The molecule has 12 heterocycles. The largest absolute Gasteiger partial charge is 0.392 e. The highest BCUT2D eigenvalue weighted by molar-refractivity contribution is 5.78. The monoisotopic (exact) mass is 2150 g/mol. The molecule has 0 spiro atoms. The van der Waals surface area contributed by atoms with Crippen molar-refractivity contribution < 1.29 is 98.9 Å². The first-order valence-electron chi connectivity index (χ1n) is 58.8. The van der Waals surface area contributed by atoms with Crippen molar-refractivity contribution in [2.24, 2.45) is 5.92 Å². The van der Waals surface area contributed by atoms with Gasteiger partial charge in [0.2, 0.25) is 5.91 Å². The number of hydrogen-bond acceptors (Lipinski definition) is 29. The fourth-order valence-electron chi connectivity index (χ4n) is 17.1. The molecular weight excluding hydrogens is 1910 g/mol. The zero-order valence-electron chi connectivity index (χ0n) is 101. The molecule has 12 aliphatic rings. The minimum absolute atomic E-state index is 0.00528. The maximum absolute atomic E-state index is 12.7. The minimum Gasteiger partial charge on any atom is -0.392 e. The number of carbonyl (C=O) groups excluding carboxylic acids is 2. The van der Waals surface area contributed by atoms with Crippen molar-refractivity contribution in [1.82, 2.24) is 69.0 Å². The third kappa shape index (κ3) is 90.9. The molecule has 3 unspecified atom stereocenters. The SMILES string of the molecule is CC(C)(C)OCCN1CCNC1=O.CC(C)OCC1CCCO1.CC(C)OCCC1CCN(C)CC1.CC(C)OCCCN1CCCC1.CC(C)OCCCN1CCN(C)CC1.CC(C)OCCCN1CCOCC1.CC(C)OCCN1CCC(F)(F)C1.CC(C)OCCN1CCC(F)C1.CC(C)OCCN1CCC(O)C1.CC(C)OCCN1CCCC1=O.CC(C)OCCN1CCN(C)CC1.CC(C)OCCN1CCOCC1. The molecule has 12 saturated heterocycles. The quantitative estimate of drug-likeness (QED) is 0.0537. The van der Waals surface area contributed by atoms with E-state index < -0.39 is 12.1 Å². The summed E-state index contributed by atoms with van der Waals surface area (Å²) in [5, 5.41) is 12.0. The van der Waals surface area contributed by atoms with Crippen LogP contribution in [0, 0.1) is 5.92 Å². The first-order chi connectivity index (χ1) is 70.7. The van der Waals surface area contributed by atoms with Crippen molar-refractivity contribution in [2.75, 3.05) is 363 Å². The van der Waals surface area contributed by atoms with Gasteiger partial charge in [-0.1, -0.05) is 0 Å². The van der Waals surface area contributed by atoms with E-state index in [0.29, 0.717) is 107 Å². The van der Waals surface area contributed by atoms with E-state index >= 15 is 0 Å². The number of likely N-dealkylation sites (tertiary alicyclic amines) is 6. The van der Waals surface area contributed by atoms with Crippen LogP contribution in [0.15, 0.2) is 0 Å². The zero-order valence-corrected chi connectivity index (χ0v) is 101. The fraction of sp³-hybridized carbons (Fsp3) is 0.982. The third-order valence-corrected chi connectivity index (χ3v) is 26.1. The maximum Gasteiger partial charge on any atom is 0.317 e. The van der Waals surface area contributed by atoms with Gasteiger partial charge in [0, 0.05) is 242 Å². The molecule has 0 saturated carbocycles. The zero-order chi connectivity index (χ0) is 111. The van der Waals surface area contributed by atoms with Gasteiger partial charge >= 0.3 is 6.03 Å². The number of aliphatic hydroxyl groups excluding tert-OH is 1. The second kappa shape index (κ2) is 91.2. The van der Waals surface area contributed by atoms with Gasteiger partial charge in [-0.2, -0.15) is 0 Å². The lowest BCUT2D eigenvalue weighted by atomic mass is 9.94. The van der Waals surface area contributed by atoms with E-state index in [0.717, 1.165) is 229 Å².